The van der Waals surface area contributed by atoms with E-state index in [9.17, 15) is 0 Å². The second kappa shape index (κ2) is 4.30. The molecule has 6 heteroatoms. The van der Waals surface area contributed by atoms with Crippen LogP contribution in [-0.4, -0.2) is 29.0 Å². The number of imidazole rings is 1. The van der Waals surface area contributed by atoms with Crippen molar-refractivity contribution in [3.8, 4) is 11.8 Å². The average molecular weight is 241 g/mol. The zero-order valence-corrected chi connectivity index (χ0v) is 9.69. The van der Waals surface area contributed by atoms with Crippen molar-refractivity contribution in [1.82, 2.24) is 15.3 Å². The van der Waals surface area contributed by atoms with Gasteiger partial charge in [0, 0.05) is 7.05 Å². The SMILES string of the molecule is CN=C1NC(C#Cc2ccco2)Nc2nc[nH]c21. The first-order valence-corrected chi connectivity index (χ1v) is 5.45. The molecule has 90 valence electrons. The fraction of sp³-hybridized carbons (Fsp3) is 0.167. The van der Waals surface area contributed by atoms with Crippen LogP contribution in [0.1, 0.15) is 11.5 Å². The minimum absolute atomic E-state index is 0.246. The summed E-state index contributed by atoms with van der Waals surface area (Å²) >= 11 is 0. The van der Waals surface area contributed by atoms with Crippen LogP contribution in [0, 0.1) is 11.8 Å². The Kier molecular flexibility index (Phi) is 2.50. The molecule has 0 saturated carbocycles. The number of hydrogen-bond donors (Lipinski definition) is 3. The Hall–Kier alpha value is -2.68. The molecule has 2 aromatic heterocycles. The van der Waals surface area contributed by atoms with Crippen molar-refractivity contribution in [2.45, 2.75) is 6.17 Å². The molecule has 0 bridgehead atoms. The second-order valence-corrected chi connectivity index (χ2v) is 3.67. The third-order valence-corrected chi connectivity index (χ3v) is 2.52. The van der Waals surface area contributed by atoms with Gasteiger partial charge < -0.3 is 20.0 Å². The summed E-state index contributed by atoms with van der Waals surface area (Å²) < 4.78 is 5.15. The van der Waals surface area contributed by atoms with Crippen LogP contribution in [0.4, 0.5) is 5.82 Å². The molecule has 18 heavy (non-hydrogen) atoms. The third-order valence-electron chi connectivity index (χ3n) is 2.52. The molecule has 1 unspecified atom stereocenters. The fourth-order valence-electron chi connectivity index (χ4n) is 1.71. The molecule has 6 nitrogen and oxygen atoms in total. The lowest BCUT2D eigenvalue weighted by Gasteiger charge is -2.22. The predicted octanol–water partition coefficient (Wildman–Crippen LogP) is 0.772. The average Bonchev–Trinajstić information content (AvgIpc) is 3.06. The van der Waals surface area contributed by atoms with Crippen LogP contribution in [0.25, 0.3) is 0 Å². The maximum atomic E-state index is 5.15. The van der Waals surface area contributed by atoms with E-state index in [1.807, 2.05) is 6.07 Å². The largest absolute Gasteiger partial charge is 0.456 e. The van der Waals surface area contributed by atoms with Crippen molar-refractivity contribution in [2.24, 2.45) is 4.99 Å². The molecule has 1 aliphatic heterocycles. The predicted molar refractivity (Wildman–Crippen MR) is 67.2 cm³/mol. The minimum atomic E-state index is -0.246. The summed E-state index contributed by atoms with van der Waals surface area (Å²) in [7, 11) is 1.72. The number of nitrogens with zero attached hydrogens (tertiary/aromatic N) is 2. The summed E-state index contributed by atoms with van der Waals surface area (Å²) in [5.41, 5.74) is 0.841. The molecule has 3 rings (SSSR count). The first kappa shape index (κ1) is 10.5. The summed E-state index contributed by atoms with van der Waals surface area (Å²) in [5.74, 6) is 8.05. The van der Waals surface area contributed by atoms with E-state index >= 15 is 0 Å². The molecule has 0 aliphatic carbocycles. The van der Waals surface area contributed by atoms with Gasteiger partial charge in [-0.3, -0.25) is 4.99 Å². The number of aromatic amines is 1. The van der Waals surface area contributed by atoms with Gasteiger partial charge in [0.25, 0.3) is 0 Å². The molecule has 3 heterocycles. The van der Waals surface area contributed by atoms with Crippen molar-refractivity contribution < 1.29 is 4.42 Å². The van der Waals surface area contributed by atoms with Gasteiger partial charge in [-0.05, 0) is 24.0 Å². The monoisotopic (exact) mass is 241 g/mol. The molecule has 0 amide bonds. The quantitative estimate of drug-likeness (QED) is 0.595. The first-order chi connectivity index (χ1) is 8.86. The fourth-order valence-corrected chi connectivity index (χ4v) is 1.71. The van der Waals surface area contributed by atoms with Crippen molar-refractivity contribution in [3.05, 3.63) is 36.2 Å². The molecule has 0 fully saturated rings. The van der Waals surface area contributed by atoms with Gasteiger partial charge in [-0.1, -0.05) is 0 Å². The summed E-state index contributed by atoms with van der Waals surface area (Å²) in [4.78, 5) is 11.3. The van der Waals surface area contributed by atoms with Crippen molar-refractivity contribution in [1.29, 1.82) is 0 Å². The molecule has 1 atom stereocenters. The highest BCUT2D eigenvalue weighted by atomic mass is 16.3. The second-order valence-electron chi connectivity index (χ2n) is 3.67. The van der Waals surface area contributed by atoms with Crippen LogP contribution in [-0.2, 0) is 0 Å². The number of aliphatic imine (C=N–C) groups is 1. The van der Waals surface area contributed by atoms with E-state index < -0.39 is 0 Å². The van der Waals surface area contributed by atoms with Gasteiger partial charge in [-0.2, -0.15) is 0 Å². The Morgan fingerprint density at radius 3 is 3.17 bits per heavy atom. The smallest absolute Gasteiger partial charge is 0.176 e. The maximum absolute atomic E-state index is 5.15. The van der Waals surface area contributed by atoms with Gasteiger partial charge in [-0.25, -0.2) is 4.98 Å². The molecule has 1 aliphatic rings. The number of aromatic nitrogens is 2. The summed E-state index contributed by atoms with van der Waals surface area (Å²) in [6.45, 7) is 0. The number of anilines is 1. The Labute approximate surface area is 104 Å². The molecule has 2 aromatic rings. The van der Waals surface area contributed by atoms with E-state index in [0.29, 0.717) is 5.76 Å². The molecular formula is C12H11N5O. The third kappa shape index (κ3) is 1.82. The summed E-state index contributed by atoms with van der Waals surface area (Å²) in [5, 5.41) is 6.31. The van der Waals surface area contributed by atoms with E-state index in [4.69, 9.17) is 4.42 Å². The molecular weight excluding hydrogens is 230 g/mol. The Balaban J connectivity index is 1.85. The lowest BCUT2D eigenvalue weighted by Crippen LogP contribution is -2.44. The number of hydrogen-bond acceptors (Lipinski definition) is 4. The number of nitrogens with one attached hydrogen (secondary N) is 3. The van der Waals surface area contributed by atoms with Crippen LogP contribution in [0.3, 0.4) is 0 Å². The van der Waals surface area contributed by atoms with Crippen LogP contribution in [0.15, 0.2) is 34.1 Å². The first-order valence-electron chi connectivity index (χ1n) is 5.45. The Bertz CT molecular complexity index is 629. The summed E-state index contributed by atoms with van der Waals surface area (Å²) in [6.07, 6.45) is 2.97. The van der Waals surface area contributed by atoms with Gasteiger partial charge in [0.2, 0.25) is 0 Å². The lowest BCUT2D eigenvalue weighted by atomic mass is 10.3. The number of amidine groups is 1. The number of H-pyrrole nitrogens is 1. The van der Waals surface area contributed by atoms with Crippen molar-refractivity contribution >= 4 is 11.7 Å². The van der Waals surface area contributed by atoms with Gasteiger partial charge in [0.15, 0.2) is 23.6 Å². The lowest BCUT2D eigenvalue weighted by molar-refractivity contribution is 0.554. The van der Waals surface area contributed by atoms with Crippen molar-refractivity contribution in [2.75, 3.05) is 12.4 Å². The Morgan fingerprint density at radius 1 is 1.44 bits per heavy atom. The van der Waals surface area contributed by atoms with E-state index in [1.54, 1.807) is 25.7 Å². The van der Waals surface area contributed by atoms with Gasteiger partial charge in [0.1, 0.15) is 5.69 Å². The van der Waals surface area contributed by atoms with Crippen molar-refractivity contribution in [3.63, 3.8) is 0 Å². The number of fused-ring (bicyclic) bond motifs is 1. The highest BCUT2D eigenvalue weighted by Gasteiger charge is 2.22. The van der Waals surface area contributed by atoms with E-state index in [-0.39, 0.29) is 6.17 Å². The standard InChI is InChI=1S/C12H11N5O/c1-13-11-10-12(15-7-14-10)17-9(16-11)5-4-8-3-2-6-18-8/h2-3,6-7,9,17H,1H3,(H,13,16)(H,14,15). The van der Waals surface area contributed by atoms with Crippen LogP contribution < -0.4 is 10.6 Å². The molecule has 0 saturated heterocycles. The van der Waals surface area contributed by atoms with Crippen LogP contribution in [0.5, 0.6) is 0 Å². The van der Waals surface area contributed by atoms with E-state index in [2.05, 4.69) is 37.4 Å². The molecule has 3 N–H and O–H groups in total. The van der Waals surface area contributed by atoms with Gasteiger partial charge >= 0.3 is 0 Å². The molecule has 0 radical (unpaired) electrons. The highest BCUT2D eigenvalue weighted by molar-refractivity contribution is 6.03. The van der Waals surface area contributed by atoms with Gasteiger partial charge in [0.05, 0.1) is 12.6 Å². The molecule has 0 aromatic carbocycles. The zero-order valence-electron chi connectivity index (χ0n) is 9.69. The number of rotatable bonds is 0. The normalized spacial score (nSPS) is 19.4. The highest BCUT2D eigenvalue weighted by Crippen LogP contribution is 2.15. The maximum Gasteiger partial charge on any atom is 0.176 e. The topological polar surface area (TPSA) is 78.2 Å². The minimum Gasteiger partial charge on any atom is -0.456 e. The van der Waals surface area contributed by atoms with Gasteiger partial charge in [-0.15, -0.1) is 0 Å². The van der Waals surface area contributed by atoms with E-state index in [1.165, 1.54) is 0 Å². The van der Waals surface area contributed by atoms with E-state index in [0.717, 1.165) is 17.3 Å². The van der Waals surface area contributed by atoms with Crippen LogP contribution >= 0.6 is 0 Å². The summed E-state index contributed by atoms with van der Waals surface area (Å²) in [6, 6.07) is 3.61. The number of furan rings is 1. The molecule has 0 spiro atoms. The zero-order chi connectivity index (χ0) is 12.4. The van der Waals surface area contributed by atoms with Crippen LogP contribution in [0.2, 0.25) is 0 Å². The Morgan fingerprint density at radius 2 is 2.39 bits per heavy atom.